The zero-order valence-electron chi connectivity index (χ0n) is 17.4. The minimum absolute atomic E-state index is 0.217. The molecule has 1 aromatic heterocycles. The molecule has 3 heterocycles. The molecule has 6 nitrogen and oxygen atoms in total. The SMILES string of the molecule is CC(C)N1CCCC1c1cccnc1N1CCN(C(=O)OC(C)(C)C)CC1. The molecule has 0 aromatic carbocycles. The summed E-state index contributed by atoms with van der Waals surface area (Å²) in [4.78, 5) is 23.8. The van der Waals surface area contributed by atoms with E-state index in [4.69, 9.17) is 9.72 Å². The number of rotatable bonds is 3. The Kier molecular flexibility index (Phi) is 5.94. The lowest BCUT2D eigenvalue weighted by Crippen LogP contribution is -2.50. The average molecular weight is 375 g/mol. The van der Waals surface area contributed by atoms with Crippen LogP contribution in [0.15, 0.2) is 18.3 Å². The monoisotopic (exact) mass is 374 g/mol. The van der Waals surface area contributed by atoms with Crippen molar-refractivity contribution in [3.05, 3.63) is 23.9 Å². The summed E-state index contributed by atoms with van der Waals surface area (Å²) < 4.78 is 5.51. The highest BCUT2D eigenvalue weighted by molar-refractivity contribution is 5.68. The van der Waals surface area contributed by atoms with E-state index in [1.807, 2.05) is 33.0 Å². The first-order valence-electron chi connectivity index (χ1n) is 10.2. The first kappa shape index (κ1) is 19.9. The molecule has 0 radical (unpaired) electrons. The summed E-state index contributed by atoms with van der Waals surface area (Å²) in [5, 5.41) is 0. The van der Waals surface area contributed by atoms with Crippen LogP contribution in [0, 0.1) is 0 Å². The molecular weight excluding hydrogens is 340 g/mol. The maximum Gasteiger partial charge on any atom is 0.410 e. The highest BCUT2D eigenvalue weighted by atomic mass is 16.6. The van der Waals surface area contributed by atoms with Crippen molar-refractivity contribution in [2.24, 2.45) is 0 Å². The van der Waals surface area contributed by atoms with Crippen LogP contribution in [0.2, 0.25) is 0 Å². The number of nitrogens with zero attached hydrogens (tertiary/aromatic N) is 4. The fraction of sp³-hybridized carbons (Fsp3) is 0.714. The summed E-state index contributed by atoms with van der Waals surface area (Å²) in [7, 11) is 0. The Bertz CT molecular complexity index is 648. The van der Waals surface area contributed by atoms with Gasteiger partial charge in [-0.05, 0) is 60.1 Å². The fourth-order valence-electron chi connectivity index (χ4n) is 4.10. The maximum atomic E-state index is 12.3. The molecule has 3 rings (SSSR count). The van der Waals surface area contributed by atoms with Gasteiger partial charge in [-0.1, -0.05) is 6.07 Å². The molecule has 1 amide bonds. The zero-order valence-corrected chi connectivity index (χ0v) is 17.4. The minimum Gasteiger partial charge on any atom is -0.444 e. The number of amides is 1. The number of likely N-dealkylation sites (tertiary alicyclic amines) is 1. The molecule has 27 heavy (non-hydrogen) atoms. The van der Waals surface area contributed by atoms with Crippen molar-refractivity contribution in [2.75, 3.05) is 37.6 Å². The smallest absolute Gasteiger partial charge is 0.410 e. The van der Waals surface area contributed by atoms with E-state index in [0.717, 1.165) is 25.5 Å². The molecule has 0 aliphatic carbocycles. The van der Waals surface area contributed by atoms with Crippen LogP contribution in [0.4, 0.5) is 10.6 Å². The number of hydrogen-bond donors (Lipinski definition) is 0. The second-order valence-electron chi connectivity index (χ2n) is 8.86. The number of anilines is 1. The van der Waals surface area contributed by atoms with Crippen molar-refractivity contribution in [1.82, 2.24) is 14.8 Å². The summed E-state index contributed by atoms with van der Waals surface area (Å²) in [5.41, 5.74) is 0.875. The largest absolute Gasteiger partial charge is 0.444 e. The summed E-state index contributed by atoms with van der Waals surface area (Å²) in [5.74, 6) is 1.08. The second-order valence-corrected chi connectivity index (χ2v) is 8.86. The van der Waals surface area contributed by atoms with Gasteiger partial charge in [-0.25, -0.2) is 9.78 Å². The molecular formula is C21H34N4O2. The van der Waals surface area contributed by atoms with E-state index >= 15 is 0 Å². The van der Waals surface area contributed by atoms with Crippen LogP contribution in [0.25, 0.3) is 0 Å². The van der Waals surface area contributed by atoms with Gasteiger partial charge in [-0.3, -0.25) is 4.90 Å². The van der Waals surface area contributed by atoms with Crippen molar-refractivity contribution in [3.63, 3.8) is 0 Å². The summed E-state index contributed by atoms with van der Waals surface area (Å²) >= 11 is 0. The van der Waals surface area contributed by atoms with Crippen molar-refractivity contribution in [3.8, 4) is 0 Å². The van der Waals surface area contributed by atoms with Gasteiger partial charge in [0.1, 0.15) is 11.4 Å². The predicted octanol–water partition coefficient (Wildman–Crippen LogP) is 3.68. The third-order valence-electron chi connectivity index (χ3n) is 5.36. The lowest BCUT2D eigenvalue weighted by molar-refractivity contribution is 0.0240. The van der Waals surface area contributed by atoms with Gasteiger partial charge in [0, 0.05) is 50.0 Å². The summed E-state index contributed by atoms with van der Waals surface area (Å²) in [6.45, 7) is 14.3. The Labute approximate surface area is 163 Å². The van der Waals surface area contributed by atoms with E-state index < -0.39 is 5.60 Å². The van der Waals surface area contributed by atoms with Crippen molar-refractivity contribution in [2.45, 2.75) is 65.1 Å². The third-order valence-corrected chi connectivity index (χ3v) is 5.36. The first-order chi connectivity index (χ1) is 12.8. The standard InChI is InChI=1S/C21H34N4O2/c1-16(2)25-11-7-9-18(25)17-8-6-10-22-19(17)23-12-14-24(15-13-23)20(26)27-21(3,4)5/h6,8,10,16,18H,7,9,11-15H2,1-5H3. The van der Waals surface area contributed by atoms with Crippen LogP contribution in [-0.4, -0.2) is 65.2 Å². The molecule has 2 fully saturated rings. The van der Waals surface area contributed by atoms with Crippen LogP contribution in [-0.2, 0) is 4.74 Å². The molecule has 1 aromatic rings. The van der Waals surface area contributed by atoms with Gasteiger partial charge in [0.05, 0.1) is 0 Å². The van der Waals surface area contributed by atoms with E-state index in [0.29, 0.717) is 25.2 Å². The molecule has 0 bridgehead atoms. The van der Waals surface area contributed by atoms with E-state index in [-0.39, 0.29) is 6.09 Å². The maximum absolute atomic E-state index is 12.3. The van der Waals surface area contributed by atoms with Crippen molar-refractivity contribution < 1.29 is 9.53 Å². The van der Waals surface area contributed by atoms with E-state index in [2.05, 4.69) is 29.7 Å². The average Bonchev–Trinajstić information content (AvgIpc) is 3.10. The van der Waals surface area contributed by atoms with E-state index in [9.17, 15) is 4.79 Å². The van der Waals surface area contributed by atoms with Gasteiger partial charge >= 0.3 is 6.09 Å². The van der Waals surface area contributed by atoms with Gasteiger partial charge in [-0.15, -0.1) is 0 Å². The molecule has 2 aliphatic rings. The molecule has 6 heteroatoms. The second kappa shape index (κ2) is 8.05. The Hall–Kier alpha value is -1.82. The number of carbonyl (C=O) groups excluding carboxylic acids is 1. The molecule has 0 N–H and O–H groups in total. The molecule has 1 atom stereocenters. The van der Waals surface area contributed by atoms with E-state index in [1.54, 1.807) is 4.90 Å². The van der Waals surface area contributed by atoms with Gasteiger partial charge in [0.2, 0.25) is 0 Å². The third kappa shape index (κ3) is 4.72. The van der Waals surface area contributed by atoms with Crippen LogP contribution in [0.1, 0.15) is 59.1 Å². The predicted molar refractivity (Wildman–Crippen MR) is 108 cm³/mol. The first-order valence-corrected chi connectivity index (χ1v) is 10.2. The topological polar surface area (TPSA) is 48.9 Å². The zero-order chi connectivity index (χ0) is 19.6. The Morgan fingerprint density at radius 2 is 1.89 bits per heavy atom. The number of ether oxygens (including phenoxy) is 1. The number of pyridine rings is 1. The lowest BCUT2D eigenvalue weighted by atomic mass is 10.0. The van der Waals surface area contributed by atoms with Crippen LogP contribution < -0.4 is 4.90 Å². The molecule has 150 valence electrons. The van der Waals surface area contributed by atoms with Gasteiger partial charge in [-0.2, -0.15) is 0 Å². The van der Waals surface area contributed by atoms with E-state index in [1.165, 1.54) is 18.4 Å². The number of carbonyl (C=O) groups is 1. The molecule has 0 spiro atoms. The van der Waals surface area contributed by atoms with Crippen molar-refractivity contribution >= 4 is 11.9 Å². The molecule has 0 saturated carbocycles. The van der Waals surface area contributed by atoms with Crippen LogP contribution >= 0.6 is 0 Å². The van der Waals surface area contributed by atoms with Gasteiger partial charge in [0.15, 0.2) is 0 Å². The van der Waals surface area contributed by atoms with Crippen LogP contribution in [0.3, 0.4) is 0 Å². The highest BCUT2D eigenvalue weighted by Crippen LogP contribution is 2.37. The van der Waals surface area contributed by atoms with Gasteiger partial charge < -0.3 is 14.5 Å². The van der Waals surface area contributed by atoms with Gasteiger partial charge in [0.25, 0.3) is 0 Å². The van der Waals surface area contributed by atoms with Crippen LogP contribution in [0.5, 0.6) is 0 Å². The summed E-state index contributed by atoms with van der Waals surface area (Å²) in [6.07, 6.45) is 4.09. The minimum atomic E-state index is -0.453. The lowest BCUT2D eigenvalue weighted by Gasteiger charge is -2.38. The fourth-order valence-corrected chi connectivity index (χ4v) is 4.10. The number of piperazine rings is 1. The quantitative estimate of drug-likeness (QED) is 0.808. The number of hydrogen-bond acceptors (Lipinski definition) is 5. The molecule has 1 unspecified atom stereocenters. The Morgan fingerprint density at radius 3 is 2.52 bits per heavy atom. The number of aromatic nitrogens is 1. The Morgan fingerprint density at radius 1 is 1.19 bits per heavy atom. The summed E-state index contributed by atoms with van der Waals surface area (Å²) in [6, 6.07) is 5.26. The van der Waals surface area contributed by atoms with Crippen molar-refractivity contribution in [1.29, 1.82) is 0 Å². The normalized spacial score (nSPS) is 21.8. The highest BCUT2D eigenvalue weighted by Gasteiger charge is 2.32. The Balaban J connectivity index is 1.69. The molecule has 2 saturated heterocycles. The molecule has 2 aliphatic heterocycles.